The summed E-state index contributed by atoms with van der Waals surface area (Å²) in [7, 11) is 0. The van der Waals surface area contributed by atoms with Crippen molar-refractivity contribution in [2.24, 2.45) is 0 Å². The molecule has 0 fully saturated rings. The number of rotatable bonds is 3. The Balaban J connectivity index is 2.28. The monoisotopic (exact) mass is 178 g/mol. The maximum Gasteiger partial charge on any atom is 0.248 e. The van der Waals surface area contributed by atoms with E-state index in [0.717, 1.165) is 0 Å². The summed E-state index contributed by atoms with van der Waals surface area (Å²) >= 11 is 0. The second-order valence-corrected chi connectivity index (χ2v) is 2.25. The zero-order valence-corrected chi connectivity index (χ0v) is 6.52. The number of aromatic nitrogens is 3. The molecule has 2 rings (SSSR count). The lowest BCUT2D eigenvalue weighted by molar-refractivity contribution is -0.105. The van der Waals surface area contributed by atoms with Crippen LogP contribution in [0.4, 0.5) is 5.95 Å². The summed E-state index contributed by atoms with van der Waals surface area (Å²) in [5, 5.41) is 8.65. The van der Waals surface area contributed by atoms with E-state index < -0.39 is 0 Å². The van der Waals surface area contributed by atoms with Crippen molar-refractivity contribution in [3.8, 4) is 11.6 Å². The maximum atomic E-state index is 10.0. The van der Waals surface area contributed by atoms with Crippen molar-refractivity contribution in [1.82, 2.24) is 15.2 Å². The van der Waals surface area contributed by atoms with Gasteiger partial charge in [-0.05, 0) is 12.1 Å². The second-order valence-electron chi connectivity index (χ2n) is 2.25. The number of carbonyl (C=O) groups excluding carboxylic acids is 1. The van der Waals surface area contributed by atoms with Crippen LogP contribution in [-0.2, 0) is 4.79 Å². The number of hydrogen-bond donors (Lipinski definition) is 2. The Hall–Kier alpha value is -2.11. The Bertz CT molecular complexity index is 392. The lowest BCUT2D eigenvalue weighted by Gasteiger charge is -1.85. The molecule has 0 bridgehead atoms. The Labute approximate surface area is 73.0 Å². The number of nitrogens with zero attached hydrogens (tertiary/aromatic N) is 2. The molecule has 6 heteroatoms. The number of carbonyl (C=O) groups is 1. The largest absolute Gasteiger partial charge is 0.461 e. The summed E-state index contributed by atoms with van der Waals surface area (Å²) in [6, 6.07) is 3.48. The van der Waals surface area contributed by atoms with Gasteiger partial charge >= 0.3 is 0 Å². The maximum absolute atomic E-state index is 10.0. The molecule has 2 aromatic rings. The summed E-state index contributed by atoms with van der Waals surface area (Å²) in [6.07, 6.45) is 2.04. The fourth-order valence-electron chi connectivity index (χ4n) is 0.903. The molecule has 0 saturated carbocycles. The number of nitrogens with one attached hydrogen (secondary N) is 2. The third-order valence-corrected chi connectivity index (χ3v) is 1.43. The number of amides is 1. The second kappa shape index (κ2) is 3.10. The Morgan fingerprint density at radius 1 is 1.62 bits per heavy atom. The van der Waals surface area contributed by atoms with Gasteiger partial charge in [0, 0.05) is 0 Å². The van der Waals surface area contributed by atoms with Crippen LogP contribution in [0.5, 0.6) is 0 Å². The first-order valence-electron chi connectivity index (χ1n) is 3.56. The highest BCUT2D eigenvalue weighted by Crippen LogP contribution is 2.15. The van der Waals surface area contributed by atoms with Gasteiger partial charge in [0.1, 0.15) is 0 Å². The van der Waals surface area contributed by atoms with E-state index in [-0.39, 0.29) is 5.95 Å². The first-order chi connectivity index (χ1) is 6.40. The van der Waals surface area contributed by atoms with E-state index >= 15 is 0 Å². The summed E-state index contributed by atoms with van der Waals surface area (Å²) in [5.74, 6) is 1.28. The van der Waals surface area contributed by atoms with Crippen LogP contribution in [0, 0.1) is 0 Å². The van der Waals surface area contributed by atoms with Crippen molar-refractivity contribution < 1.29 is 9.21 Å². The van der Waals surface area contributed by atoms with Gasteiger partial charge in [0.15, 0.2) is 11.6 Å². The lowest BCUT2D eigenvalue weighted by Crippen LogP contribution is -1.94. The van der Waals surface area contributed by atoms with Gasteiger partial charge in [-0.2, -0.15) is 4.98 Å². The standard InChI is InChI=1S/C7H6N4O2/c12-4-8-7-9-6(10-11-7)5-2-1-3-13-5/h1-4H,(H2,8,9,10,11,12). The smallest absolute Gasteiger partial charge is 0.248 e. The molecule has 1 amide bonds. The van der Waals surface area contributed by atoms with Crippen molar-refractivity contribution >= 4 is 12.4 Å². The molecule has 0 aliphatic carbocycles. The van der Waals surface area contributed by atoms with Gasteiger partial charge in [-0.3, -0.25) is 15.2 Å². The predicted molar refractivity (Wildman–Crippen MR) is 43.8 cm³/mol. The van der Waals surface area contributed by atoms with E-state index in [1.165, 1.54) is 6.26 Å². The van der Waals surface area contributed by atoms with Gasteiger partial charge in [0.2, 0.25) is 12.4 Å². The normalized spacial score (nSPS) is 9.85. The summed E-state index contributed by atoms with van der Waals surface area (Å²) in [6.45, 7) is 0. The number of H-pyrrole nitrogens is 1. The summed E-state index contributed by atoms with van der Waals surface area (Å²) in [5.41, 5.74) is 0. The van der Waals surface area contributed by atoms with E-state index in [2.05, 4.69) is 20.5 Å². The summed E-state index contributed by atoms with van der Waals surface area (Å²) < 4.78 is 5.06. The average molecular weight is 178 g/mol. The average Bonchev–Trinajstić information content (AvgIpc) is 2.70. The third-order valence-electron chi connectivity index (χ3n) is 1.43. The van der Waals surface area contributed by atoms with E-state index in [4.69, 9.17) is 4.42 Å². The molecular formula is C7H6N4O2. The number of furan rings is 1. The van der Waals surface area contributed by atoms with Crippen molar-refractivity contribution in [3.63, 3.8) is 0 Å². The first-order valence-corrected chi connectivity index (χ1v) is 3.56. The highest BCUT2D eigenvalue weighted by Gasteiger charge is 2.06. The molecule has 0 atom stereocenters. The van der Waals surface area contributed by atoms with Crippen LogP contribution in [-0.4, -0.2) is 21.6 Å². The Morgan fingerprint density at radius 2 is 2.54 bits per heavy atom. The zero-order chi connectivity index (χ0) is 9.10. The van der Waals surface area contributed by atoms with Crippen LogP contribution in [0.2, 0.25) is 0 Å². The van der Waals surface area contributed by atoms with Crippen LogP contribution < -0.4 is 5.32 Å². The molecule has 0 aliphatic rings. The first kappa shape index (κ1) is 7.53. The lowest BCUT2D eigenvalue weighted by atomic mass is 10.4. The molecule has 0 spiro atoms. The van der Waals surface area contributed by atoms with Crippen LogP contribution >= 0.6 is 0 Å². The van der Waals surface area contributed by atoms with Gasteiger partial charge in [-0.15, -0.1) is 5.10 Å². The third kappa shape index (κ3) is 1.41. The molecule has 2 heterocycles. The number of aromatic amines is 1. The van der Waals surface area contributed by atoms with E-state index in [1.54, 1.807) is 12.1 Å². The molecule has 0 radical (unpaired) electrons. The van der Waals surface area contributed by atoms with Gasteiger partial charge in [-0.25, -0.2) is 0 Å². The van der Waals surface area contributed by atoms with Crippen LogP contribution in [0.25, 0.3) is 11.6 Å². The number of hydrogen-bond acceptors (Lipinski definition) is 4. The molecule has 66 valence electrons. The fraction of sp³-hybridized carbons (Fsp3) is 0. The molecule has 2 N–H and O–H groups in total. The molecule has 0 unspecified atom stereocenters. The highest BCUT2D eigenvalue weighted by molar-refractivity contribution is 5.67. The van der Waals surface area contributed by atoms with Gasteiger partial charge < -0.3 is 4.42 Å². The van der Waals surface area contributed by atoms with Gasteiger partial charge in [0.05, 0.1) is 6.26 Å². The fourth-order valence-corrected chi connectivity index (χ4v) is 0.903. The minimum Gasteiger partial charge on any atom is -0.461 e. The molecule has 6 nitrogen and oxygen atoms in total. The zero-order valence-electron chi connectivity index (χ0n) is 6.52. The van der Waals surface area contributed by atoms with Crippen molar-refractivity contribution in [2.45, 2.75) is 0 Å². The Kier molecular flexibility index (Phi) is 1.79. The van der Waals surface area contributed by atoms with Crippen LogP contribution in [0.1, 0.15) is 0 Å². The molecule has 13 heavy (non-hydrogen) atoms. The SMILES string of the molecule is O=CNc1n[nH]c(-c2ccco2)n1. The minimum atomic E-state index is 0.224. The quantitative estimate of drug-likeness (QED) is 0.675. The van der Waals surface area contributed by atoms with Crippen LogP contribution in [0.3, 0.4) is 0 Å². The van der Waals surface area contributed by atoms with E-state index in [0.29, 0.717) is 18.0 Å². The summed E-state index contributed by atoms with van der Waals surface area (Å²) in [4.78, 5) is 14.0. The van der Waals surface area contributed by atoms with Crippen molar-refractivity contribution in [3.05, 3.63) is 18.4 Å². The van der Waals surface area contributed by atoms with Crippen LogP contribution in [0.15, 0.2) is 22.8 Å². The van der Waals surface area contributed by atoms with Gasteiger partial charge in [0.25, 0.3) is 0 Å². The minimum absolute atomic E-state index is 0.224. The van der Waals surface area contributed by atoms with Gasteiger partial charge in [-0.1, -0.05) is 0 Å². The topological polar surface area (TPSA) is 83.8 Å². The van der Waals surface area contributed by atoms with Crippen molar-refractivity contribution in [1.29, 1.82) is 0 Å². The Morgan fingerprint density at radius 3 is 3.23 bits per heavy atom. The van der Waals surface area contributed by atoms with E-state index in [9.17, 15) is 4.79 Å². The molecule has 0 aliphatic heterocycles. The van der Waals surface area contributed by atoms with E-state index in [1.807, 2.05) is 0 Å². The number of anilines is 1. The molecule has 0 saturated heterocycles. The highest BCUT2D eigenvalue weighted by atomic mass is 16.3. The molecule has 0 aromatic carbocycles. The van der Waals surface area contributed by atoms with Crippen molar-refractivity contribution in [2.75, 3.05) is 5.32 Å². The molecular weight excluding hydrogens is 172 g/mol. The predicted octanol–water partition coefficient (Wildman–Crippen LogP) is 0.633. The molecule has 2 aromatic heterocycles.